The van der Waals surface area contributed by atoms with Gasteiger partial charge in [-0.15, -0.1) is 0 Å². The zero-order valence-corrected chi connectivity index (χ0v) is 7.51. The van der Waals surface area contributed by atoms with Crippen LogP contribution in [-0.4, -0.2) is 21.1 Å². The third kappa shape index (κ3) is 1.24. The standard InChI is InChI=1S/C10H9N3O/c11-7-8-9-3-1-2-5-13(9)10(12-8)4-6-14/h1-3,5,14H,4,6H2. The zero-order chi connectivity index (χ0) is 9.97. The SMILES string of the molecule is N#Cc1nc(CCO)n2ccccc12. The molecular formula is C10H9N3O. The molecule has 2 aromatic heterocycles. The van der Waals surface area contributed by atoms with E-state index in [1.165, 1.54) is 0 Å². The third-order valence-electron chi connectivity index (χ3n) is 2.06. The minimum absolute atomic E-state index is 0.0406. The second kappa shape index (κ2) is 3.48. The van der Waals surface area contributed by atoms with E-state index in [1.807, 2.05) is 34.9 Å². The van der Waals surface area contributed by atoms with E-state index in [9.17, 15) is 0 Å². The molecule has 4 nitrogen and oxygen atoms in total. The number of pyridine rings is 1. The summed E-state index contributed by atoms with van der Waals surface area (Å²) in [6.07, 6.45) is 2.31. The van der Waals surface area contributed by atoms with Crippen LogP contribution in [0.1, 0.15) is 11.5 Å². The Morgan fingerprint density at radius 3 is 3.07 bits per heavy atom. The lowest BCUT2D eigenvalue weighted by Gasteiger charge is -1.96. The van der Waals surface area contributed by atoms with Crippen LogP contribution in [0.25, 0.3) is 5.52 Å². The zero-order valence-electron chi connectivity index (χ0n) is 7.51. The average molecular weight is 187 g/mol. The number of nitriles is 1. The van der Waals surface area contributed by atoms with Crippen LogP contribution >= 0.6 is 0 Å². The third-order valence-corrected chi connectivity index (χ3v) is 2.06. The molecule has 1 N–H and O–H groups in total. The Morgan fingerprint density at radius 1 is 1.50 bits per heavy atom. The molecule has 0 aliphatic heterocycles. The van der Waals surface area contributed by atoms with Gasteiger partial charge in [0.25, 0.3) is 0 Å². The van der Waals surface area contributed by atoms with Gasteiger partial charge in [-0.2, -0.15) is 5.26 Å². The second-order valence-corrected chi connectivity index (χ2v) is 2.92. The summed E-state index contributed by atoms with van der Waals surface area (Å²) >= 11 is 0. The van der Waals surface area contributed by atoms with Gasteiger partial charge in [0.05, 0.1) is 12.1 Å². The van der Waals surface area contributed by atoms with E-state index in [0.29, 0.717) is 12.1 Å². The topological polar surface area (TPSA) is 61.3 Å². The fourth-order valence-electron chi connectivity index (χ4n) is 1.46. The van der Waals surface area contributed by atoms with Gasteiger partial charge in [0.15, 0.2) is 5.69 Å². The first-order valence-electron chi connectivity index (χ1n) is 4.33. The first kappa shape index (κ1) is 8.73. The van der Waals surface area contributed by atoms with Crippen LogP contribution < -0.4 is 0 Å². The minimum atomic E-state index is 0.0406. The van der Waals surface area contributed by atoms with Gasteiger partial charge in [0, 0.05) is 12.6 Å². The molecule has 2 rings (SSSR count). The maximum absolute atomic E-state index is 8.83. The van der Waals surface area contributed by atoms with E-state index in [1.54, 1.807) is 0 Å². The molecule has 0 unspecified atom stereocenters. The molecule has 14 heavy (non-hydrogen) atoms. The Morgan fingerprint density at radius 2 is 2.36 bits per heavy atom. The van der Waals surface area contributed by atoms with Gasteiger partial charge in [-0.3, -0.25) is 0 Å². The highest BCUT2D eigenvalue weighted by Gasteiger charge is 2.08. The molecule has 0 aliphatic rings. The maximum atomic E-state index is 8.83. The number of fused-ring (bicyclic) bond motifs is 1. The van der Waals surface area contributed by atoms with Crippen LogP contribution in [0.3, 0.4) is 0 Å². The number of aromatic nitrogens is 2. The van der Waals surface area contributed by atoms with Crippen molar-refractivity contribution < 1.29 is 5.11 Å². The van der Waals surface area contributed by atoms with Crippen LogP contribution in [0.4, 0.5) is 0 Å². The summed E-state index contributed by atoms with van der Waals surface area (Å²) < 4.78 is 1.83. The number of nitrogens with zero attached hydrogens (tertiary/aromatic N) is 3. The van der Waals surface area contributed by atoms with Crippen molar-refractivity contribution in [2.75, 3.05) is 6.61 Å². The van der Waals surface area contributed by atoms with Crippen molar-refractivity contribution in [3.05, 3.63) is 35.9 Å². The van der Waals surface area contributed by atoms with Crippen molar-refractivity contribution in [1.82, 2.24) is 9.38 Å². The van der Waals surface area contributed by atoms with Crippen molar-refractivity contribution in [2.24, 2.45) is 0 Å². The van der Waals surface area contributed by atoms with Gasteiger partial charge < -0.3 is 9.51 Å². The van der Waals surface area contributed by atoms with Crippen molar-refractivity contribution in [2.45, 2.75) is 6.42 Å². The molecule has 0 atom stereocenters. The summed E-state index contributed by atoms with van der Waals surface area (Å²) in [6, 6.07) is 7.61. The van der Waals surface area contributed by atoms with Gasteiger partial charge in [0.2, 0.25) is 0 Å². The molecule has 0 spiro atoms. The second-order valence-electron chi connectivity index (χ2n) is 2.92. The molecule has 0 radical (unpaired) electrons. The molecule has 2 heterocycles. The highest BCUT2D eigenvalue weighted by molar-refractivity contribution is 5.58. The van der Waals surface area contributed by atoms with E-state index >= 15 is 0 Å². The molecular weight excluding hydrogens is 178 g/mol. The first-order chi connectivity index (χ1) is 6.86. The van der Waals surface area contributed by atoms with Crippen molar-refractivity contribution in [1.29, 1.82) is 5.26 Å². The number of hydrogen-bond donors (Lipinski definition) is 1. The van der Waals surface area contributed by atoms with E-state index in [-0.39, 0.29) is 6.61 Å². The molecule has 4 heteroatoms. The monoisotopic (exact) mass is 187 g/mol. The Bertz CT molecular complexity index is 496. The molecule has 70 valence electrons. The van der Waals surface area contributed by atoms with Crippen molar-refractivity contribution in [3.63, 3.8) is 0 Å². The number of rotatable bonds is 2. The molecule has 0 amide bonds. The average Bonchev–Trinajstić information content (AvgIpc) is 2.58. The number of hydrogen-bond acceptors (Lipinski definition) is 3. The Balaban J connectivity index is 2.68. The number of imidazole rings is 1. The van der Waals surface area contributed by atoms with Gasteiger partial charge in [-0.05, 0) is 12.1 Å². The summed E-state index contributed by atoms with van der Waals surface area (Å²) in [7, 11) is 0. The molecule has 0 aliphatic carbocycles. The lowest BCUT2D eigenvalue weighted by molar-refractivity contribution is 0.296. The van der Waals surface area contributed by atoms with Crippen LogP contribution in [0.5, 0.6) is 0 Å². The lowest BCUT2D eigenvalue weighted by atomic mass is 10.3. The Labute approximate surface area is 81.1 Å². The Kier molecular flexibility index (Phi) is 2.17. The van der Waals surface area contributed by atoms with Crippen molar-refractivity contribution >= 4 is 5.52 Å². The molecule has 0 aromatic carbocycles. The van der Waals surface area contributed by atoms with E-state index in [2.05, 4.69) is 4.98 Å². The first-order valence-corrected chi connectivity index (χ1v) is 4.33. The van der Waals surface area contributed by atoms with E-state index in [4.69, 9.17) is 10.4 Å². The number of aliphatic hydroxyl groups is 1. The van der Waals surface area contributed by atoms with Gasteiger partial charge in [-0.25, -0.2) is 4.98 Å². The highest BCUT2D eigenvalue weighted by atomic mass is 16.3. The summed E-state index contributed by atoms with van der Waals surface area (Å²) in [6.45, 7) is 0.0406. The predicted octanol–water partition coefficient (Wildman–Crippen LogP) is 0.741. The summed E-state index contributed by atoms with van der Waals surface area (Å²) in [5, 5.41) is 17.7. The van der Waals surface area contributed by atoms with E-state index in [0.717, 1.165) is 11.3 Å². The van der Waals surface area contributed by atoms with Gasteiger partial charge in [0.1, 0.15) is 11.9 Å². The molecule has 0 fully saturated rings. The van der Waals surface area contributed by atoms with Crippen LogP contribution in [0.2, 0.25) is 0 Å². The van der Waals surface area contributed by atoms with Gasteiger partial charge >= 0.3 is 0 Å². The quantitative estimate of drug-likeness (QED) is 0.754. The smallest absolute Gasteiger partial charge is 0.166 e. The van der Waals surface area contributed by atoms with Crippen LogP contribution in [0.15, 0.2) is 24.4 Å². The summed E-state index contributed by atoms with van der Waals surface area (Å²) in [4.78, 5) is 4.14. The Hall–Kier alpha value is -1.86. The normalized spacial score (nSPS) is 10.3. The predicted molar refractivity (Wildman–Crippen MR) is 50.7 cm³/mol. The fourth-order valence-corrected chi connectivity index (χ4v) is 1.46. The summed E-state index contributed by atoms with van der Waals surface area (Å²) in [5.74, 6) is 0.722. The molecule has 2 aromatic rings. The molecule has 0 saturated heterocycles. The largest absolute Gasteiger partial charge is 0.396 e. The molecule has 0 bridgehead atoms. The van der Waals surface area contributed by atoms with Crippen LogP contribution in [-0.2, 0) is 6.42 Å². The molecule has 0 saturated carbocycles. The van der Waals surface area contributed by atoms with Crippen molar-refractivity contribution in [3.8, 4) is 6.07 Å². The van der Waals surface area contributed by atoms with Crippen LogP contribution in [0, 0.1) is 11.3 Å². The highest BCUT2D eigenvalue weighted by Crippen LogP contribution is 2.12. The lowest BCUT2D eigenvalue weighted by Crippen LogP contribution is -1.97. The minimum Gasteiger partial charge on any atom is -0.396 e. The fraction of sp³-hybridized carbons (Fsp3) is 0.200. The number of aliphatic hydroxyl groups excluding tert-OH is 1. The van der Waals surface area contributed by atoms with E-state index < -0.39 is 0 Å². The summed E-state index contributed by atoms with van der Waals surface area (Å²) in [5.41, 5.74) is 1.20. The maximum Gasteiger partial charge on any atom is 0.166 e. The van der Waals surface area contributed by atoms with Gasteiger partial charge in [-0.1, -0.05) is 6.07 Å².